The molecule has 2 heterocycles. The number of benzene rings is 6. The van der Waals surface area contributed by atoms with Crippen LogP contribution in [0.1, 0.15) is 44.8 Å². The number of rotatable bonds is 9. The molecule has 0 saturated heterocycles. The first-order chi connectivity index (χ1) is 28.6. The zero-order valence-corrected chi connectivity index (χ0v) is 36.8. The molecule has 8 nitrogen and oxygen atoms in total. The monoisotopic (exact) mass is 922 g/mol. The number of nitrogens with two attached hydrogens (primary N) is 1. The number of nitro groups is 1. The van der Waals surface area contributed by atoms with Crippen LogP contribution in [0.15, 0.2) is 159 Å². The molecule has 2 N–H and O–H groups in total. The summed E-state index contributed by atoms with van der Waals surface area (Å²) < 4.78 is 3.75. The number of anilines is 1. The van der Waals surface area contributed by atoms with Gasteiger partial charge in [-0.2, -0.15) is 10.2 Å². The van der Waals surface area contributed by atoms with Gasteiger partial charge in [0.15, 0.2) is 0 Å². The van der Waals surface area contributed by atoms with E-state index in [2.05, 4.69) is 65.8 Å². The second-order valence-electron chi connectivity index (χ2n) is 13.4. The van der Waals surface area contributed by atoms with Gasteiger partial charge in [0.25, 0.3) is 5.69 Å². The number of aromatic nitrogens is 4. The first-order valence-corrected chi connectivity index (χ1v) is 25.6. The minimum absolute atomic E-state index is 0.0543. The minimum atomic E-state index is -0.826. The fraction of sp³-hybridized carbons (Fsp3) is 0.0417. The molecule has 292 valence electrons. The molecule has 0 spiro atoms. The molecule has 0 bridgehead atoms. The van der Waals surface area contributed by atoms with Crippen LogP contribution in [-0.2, 0) is 14.1 Å². The van der Waals surface area contributed by atoms with Crippen molar-refractivity contribution < 1.29 is 4.92 Å². The van der Waals surface area contributed by atoms with Crippen LogP contribution in [0.4, 0.5) is 11.4 Å². The van der Waals surface area contributed by atoms with Gasteiger partial charge in [0, 0.05) is 42.7 Å². The van der Waals surface area contributed by atoms with Crippen LogP contribution >= 0.6 is 17.8 Å². The van der Waals surface area contributed by atoms with Crippen LogP contribution in [0.2, 0.25) is 0 Å². The molecule has 2 aromatic heterocycles. The van der Waals surface area contributed by atoms with Gasteiger partial charge in [0.05, 0.1) is 27.3 Å². The second kappa shape index (κ2) is 20.0. The zero-order valence-electron chi connectivity index (χ0n) is 32.5. The van der Waals surface area contributed by atoms with Gasteiger partial charge in [0.2, 0.25) is 0 Å². The predicted octanol–water partition coefficient (Wildman–Crippen LogP) is 12.1. The Labute approximate surface area is 361 Å². The van der Waals surface area contributed by atoms with Crippen molar-refractivity contribution in [1.82, 2.24) is 19.6 Å². The molecule has 6 aromatic carbocycles. The van der Waals surface area contributed by atoms with E-state index in [1.165, 1.54) is 6.07 Å². The Morgan fingerprint density at radius 1 is 0.610 bits per heavy atom. The number of aryl methyl sites for hydroxylation is 2. The average Bonchev–Trinajstić information content (AvgIpc) is 3.76. The quantitative estimate of drug-likeness (QED) is 0.0672. The summed E-state index contributed by atoms with van der Waals surface area (Å²) in [5, 5.41) is 22.5. The van der Waals surface area contributed by atoms with E-state index in [0.29, 0.717) is 0 Å². The fourth-order valence-electron chi connectivity index (χ4n) is 6.54. The van der Waals surface area contributed by atoms with E-state index in [1.807, 2.05) is 133 Å². The molecular formula is C48H40Cl2N6O2Sn. The fourth-order valence-corrected chi connectivity index (χ4v) is 6.54. The number of halogens is 2. The normalized spacial score (nSPS) is 11.0. The number of hydrogen-bond donors (Lipinski definition) is 1. The van der Waals surface area contributed by atoms with Crippen molar-refractivity contribution >= 4 is 105 Å². The van der Waals surface area contributed by atoms with E-state index in [4.69, 9.17) is 23.6 Å². The summed E-state index contributed by atoms with van der Waals surface area (Å²) in [4.78, 5) is 10.7. The summed E-state index contributed by atoms with van der Waals surface area (Å²) in [6.07, 6.45) is 8.19. The van der Waals surface area contributed by atoms with Crippen molar-refractivity contribution in [2.75, 3.05) is 5.73 Å². The van der Waals surface area contributed by atoms with E-state index < -0.39 is 23.8 Å². The molecule has 0 aliphatic rings. The molecular weight excluding hydrogens is 882 g/mol. The summed E-state index contributed by atoms with van der Waals surface area (Å²) in [7, 11) is 13.7. The third-order valence-electron chi connectivity index (χ3n) is 9.56. The summed E-state index contributed by atoms with van der Waals surface area (Å²) >= 11 is -0.826. The molecule has 0 fully saturated rings. The molecule has 8 rings (SSSR count). The summed E-state index contributed by atoms with van der Waals surface area (Å²) in [6, 6.07) is 47.0. The van der Waals surface area contributed by atoms with E-state index in [-0.39, 0.29) is 5.69 Å². The maximum absolute atomic E-state index is 11.1. The molecule has 0 saturated carbocycles. The van der Waals surface area contributed by atoms with Crippen LogP contribution in [0, 0.1) is 10.1 Å². The van der Waals surface area contributed by atoms with Crippen molar-refractivity contribution in [2.45, 2.75) is 0 Å². The van der Waals surface area contributed by atoms with E-state index >= 15 is 0 Å². The number of hydrogen-bond acceptors (Lipinski definition) is 5. The summed E-state index contributed by atoms with van der Waals surface area (Å²) in [5.41, 5.74) is 18.3. The van der Waals surface area contributed by atoms with E-state index in [9.17, 15) is 10.1 Å². The first kappa shape index (κ1) is 42.4. The van der Waals surface area contributed by atoms with Crippen molar-refractivity contribution in [1.29, 1.82) is 0 Å². The van der Waals surface area contributed by atoms with Crippen LogP contribution in [0.3, 0.4) is 0 Å². The Bertz CT molecular complexity index is 2830. The second-order valence-corrected chi connectivity index (χ2v) is 17.7. The number of non-ortho nitro benzene ring substituents is 1. The Morgan fingerprint density at radius 2 is 1.03 bits per heavy atom. The maximum atomic E-state index is 11.1. The first-order valence-electron chi connectivity index (χ1n) is 18.4. The molecule has 0 atom stereocenters. The number of nitro benzene ring substituents is 1. The third kappa shape index (κ3) is 10.7. The van der Waals surface area contributed by atoms with Gasteiger partial charge in [-0.1, -0.05) is 122 Å². The summed E-state index contributed by atoms with van der Waals surface area (Å²) in [6.45, 7) is 8.41. The van der Waals surface area contributed by atoms with E-state index in [1.54, 1.807) is 12.1 Å². The average molecular weight is 923 g/mol. The zero-order chi connectivity index (χ0) is 41.9. The van der Waals surface area contributed by atoms with Gasteiger partial charge >= 0.3 is 36.7 Å². The van der Waals surface area contributed by atoms with E-state index in [0.717, 1.165) is 83.4 Å². The number of nitrogens with zero attached hydrogens (tertiary/aromatic N) is 5. The van der Waals surface area contributed by atoms with Gasteiger partial charge in [-0.3, -0.25) is 19.5 Å². The third-order valence-corrected chi connectivity index (χ3v) is 9.56. The summed E-state index contributed by atoms with van der Waals surface area (Å²) in [5.74, 6) is 0. The Kier molecular flexibility index (Phi) is 14.4. The van der Waals surface area contributed by atoms with Gasteiger partial charge in [-0.15, -0.1) is 0 Å². The Hall–Kier alpha value is -6.20. The van der Waals surface area contributed by atoms with Gasteiger partial charge in [0.1, 0.15) is 0 Å². The molecule has 0 unspecified atom stereocenters. The van der Waals surface area contributed by atoms with Crippen LogP contribution < -0.4 is 5.73 Å². The van der Waals surface area contributed by atoms with Gasteiger partial charge < -0.3 is 5.73 Å². The molecule has 59 heavy (non-hydrogen) atoms. The molecule has 0 aliphatic carbocycles. The molecule has 0 amide bonds. The Morgan fingerprint density at radius 3 is 1.47 bits per heavy atom. The predicted molar refractivity (Wildman–Crippen MR) is 250 cm³/mol. The van der Waals surface area contributed by atoms with Gasteiger partial charge in [-0.05, 0) is 93.1 Å². The van der Waals surface area contributed by atoms with Crippen LogP contribution in [-0.4, -0.2) is 43.4 Å². The standard InChI is InChI=1S/C24H19N3O2.C24H21N3.2ClH.Sn/c1-17(19-9-6-10-21(15-19)27(28)29)20-12-13-22-23(25-26(2)24(22)16-20)14-11-18-7-4-3-5-8-18;1-17(19-9-6-10-21(25)15-19)20-12-13-22-23(26-27(2)24(22)16-20)14-11-18-7-4-3-5-8-18;;;/h3-16H,1H2,2H3;3-16H,1,25H2,2H3;2*1H;/q;;;;+2/p-2/b2*14-11+;;;. The van der Waals surface area contributed by atoms with Crippen LogP contribution in [0.25, 0.3) is 57.3 Å². The number of nitrogen functional groups attached to an aromatic ring is 1. The van der Waals surface area contributed by atoms with Crippen molar-refractivity contribution in [3.63, 3.8) is 0 Å². The Balaban J connectivity index is 0.000000187. The van der Waals surface area contributed by atoms with Gasteiger partial charge in [-0.25, -0.2) is 0 Å². The van der Waals surface area contributed by atoms with Crippen molar-refractivity contribution in [2.24, 2.45) is 14.1 Å². The van der Waals surface area contributed by atoms with Crippen molar-refractivity contribution in [3.05, 3.63) is 214 Å². The molecule has 2 radical (unpaired) electrons. The van der Waals surface area contributed by atoms with Crippen molar-refractivity contribution in [3.8, 4) is 0 Å². The molecule has 11 heteroatoms. The SMILES string of the molecule is C=C(c1cccc(N)c1)c1ccc2c(/C=C/c3ccccc3)nn(C)c2c1.C=C(c1cccc([N+](=O)[O-])c1)c1ccc2c(/C=C/c3ccccc3)nn(C)c2c1.[Cl][Sn][Cl]. The van der Waals surface area contributed by atoms with Crippen LogP contribution in [0.5, 0.6) is 0 Å². The topological polar surface area (TPSA) is 105 Å². The molecule has 8 aromatic rings. The molecule has 0 aliphatic heterocycles. The number of fused-ring (bicyclic) bond motifs is 2.